The molecular formula is C10H18N4O2. The van der Waals surface area contributed by atoms with E-state index in [0.717, 1.165) is 25.9 Å². The molecule has 1 aliphatic carbocycles. The molecule has 6 nitrogen and oxygen atoms in total. The molecule has 1 saturated heterocycles. The summed E-state index contributed by atoms with van der Waals surface area (Å²) in [6.07, 6.45) is 2.18. The van der Waals surface area contributed by atoms with Gasteiger partial charge in [0, 0.05) is 19.1 Å². The average molecular weight is 226 g/mol. The van der Waals surface area contributed by atoms with Crippen molar-refractivity contribution in [2.24, 2.45) is 10.7 Å². The van der Waals surface area contributed by atoms with E-state index in [9.17, 15) is 4.79 Å². The lowest BCUT2D eigenvalue weighted by Gasteiger charge is -2.27. The van der Waals surface area contributed by atoms with E-state index in [4.69, 9.17) is 10.5 Å². The van der Waals surface area contributed by atoms with Crippen LogP contribution in [0.15, 0.2) is 4.99 Å². The molecule has 3 N–H and O–H groups in total. The molecule has 2 aliphatic rings. The lowest BCUT2D eigenvalue weighted by Crippen LogP contribution is -2.45. The molecule has 0 aromatic carbocycles. The van der Waals surface area contributed by atoms with Crippen molar-refractivity contribution in [2.75, 3.05) is 32.8 Å². The minimum atomic E-state index is -0.0429. The van der Waals surface area contributed by atoms with Crippen molar-refractivity contribution in [3.8, 4) is 0 Å². The Morgan fingerprint density at radius 3 is 2.75 bits per heavy atom. The first-order valence-electron chi connectivity index (χ1n) is 5.67. The number of hydrogen-bond donors (Lipinski definition) is 2. The minimum Gasteiger partial charge on any atom is -0.378 e. The summed E-state index contributed by atoms with van der Waals surface area (Å²) in [6.45, 7) is 2.97. The van der Waals surface area contributed by atoms with Gasteiger partial charge in [0.2, 0.25) is 5.91 Å². The van der Waals surface area contributed by atoms with Crippen molar-refractivity contribution in [1.82, 2.24) is 10.2 Å². The Morgan fingerprint density at radius 2 is 2.12 bits per heavy atom. The summed E-state index contributed by atoms with van der Waals surface area (Å²) in [7, 11) is 0. The van der Waals surface area contributed by atoms with Crippen LogP contribution in [0.4, 0.5) is 0 Å². The molecule has 6 heteroatoms. The number of amides is 1. The number of morpholine rings is 1. The molecule has 1 aliphatic heterocycles. The molecule has 0 atom stereocenters. The Morgan fingerprint density at radius 1 is 1.44 bits per heavy atom. The van der Waals surface area contributed by atoms with Gasteiger partial charge < -0.3 is 20.7 Å². The largest absolute Gasteiger partial charge is 0.378 e. The molecule has 1 amide bonds. The van der Waals surface area contributed by atoms with Gasteiger partial charge in [-0.1, -0.05) is 0 Å². The minimum absolute atomic E-state index is 0.0429. The fraction of sp³-hybridized carbons (Fsp3) is 0.800. The topological polar surface area (TPSA) is 79.9 Å². The molecule has 2 rings (SSSR count). The van der Waals surface area contributed by atoms with Crippen molar-refractivity contribution in [2.45, 2.75) is 18.9 Å². The van der Waals surface area contributed by atoms with Gasteiger partial charge >= 0.3 is 0 Å². The average Bonchev–Trinajstić information content (AvgIpc) is 3.11. The first-order chi connectivity index (χ1) is 7.75. The number of nitrogens with zero attached hydrogens (tertiary/aromatic N) is 2. The third kappa shape index (κ3) is 3.37. The van der Waals surface area contributed by atoms with Crippen molar-refractivity contribution in [1.29, 1.82) is 0 Å². The normalized spacial score (nSPS) is 22.0. The predicted octanol–water partition coefficient (Wildman–Crippen LogP) is -1.09. The zero-order valence-electron chi connectivity index (χ0n) is 9.32. The lowest BCUT2D eigenvalue weighted by molar-refractivity contribution is -0.119. The van der Waals surface area contributed by atoms with E-state index in [-0.39, 0.29) is 12.5 Å². The zero-order chi connectivity index (χ0) is 11.4. The van der Waals surface area contributed by atoms with Gasteiger partial charge in [0.25, 0.3) is 0 Å². The summed E-state index contributed by atoms with van der Waals surface area (Å²) < 4.78 is 5.20. The van der Waals surface area contributed by atoms with Gasteiger partial charge in [-0.2, -0.15) is 0 Å². The molecule has 16 heavy (non-hydrogen) atoms. The van der Waals surface area contributed by atoms with Crippen LogP contribution < -0.4 is 11.1 Å². The van der Waals surface area contributed by atoms with E-state index in [0.29, 0.717) is 25.2 Å². The van der Waals surface area contributed by atoms with Crippen LogP contribution in [0.5, 0.6) is 0 Å². The van der Waals surface area contributed by atoms with Crippen molar-refractivity contribution >= 4 is 11.9 Å². The molecular weight excluding hydrogens is 208 g/mol. The van der Waals surface area contributed by atoms with Crippen LogP contribution in [0, 0.1) is 0 Å². The SMILES string of the molecule is NC(=NCC(=O)NC1CC1)N1CCOCC1. The number of nitrogens with one attached hydrogen (secondary N) is 1. The van der Waals surface area contributed by atoms with Gasteiger partial charge in [0.1, 0.15) is 6.54 Å². The number of hydrogen-bond acceptors (Lipinski definition) is 3. The first-order valence-corrected chi connectivity index (χ1v) is 5.67. The third-order valence-corrected chi connectivity index (χ3v) is 2.66. The molecule has 0 bridgehead atoms. The van der Waals surface area contributed by atoms with E-state index in [1.807, 2.05) is 4.90 Å². The third-order valence-electron chi connectivity index (χ3n) is 2.66. The molecule has 1 saturated carbocycles. The van der Waals surface area contributed by atoms with Crippen LogP contribution >= 0.6 is 0 Å². The Bertz CT molecular complexity index is 283. The highest BCUT2D eigenvalue weighted by molar-refractivity contribution is 5.84. The Hall–Kier alpha value is -1.30. The Kier molecular flexibility index (Phi) is 3.61. The van der Waals surface area contributed by atoms with Crippen LogP contribution in [0.25, 0.3) is 0 Å². The van der Waals surface area contributed by atoms with Crippen molar-refractivity contribution in [3.63, 3.8) is 0 Å². The molecule has 0 unspecified atom stereocenters. The molecule has 0 aromatic rings. The summed E-state index contributed by atoms with van der Waals surface area (Å²) in [5.41, 5.74) is 5.78. The van der Waals surface area contributed by atoms with Crippen molar-refractivity contribution < 1.29 is 9.53 Å². The number of ether oxygens (including phenoxy) is 1. The standard InChI is InChI=1S/C10H18N4O2/c11-10(14-3-5-16-6-4-14)12-7-9(15)13-8-1-2-8/h8H,1-7H2,(H2,11,12)(H,13,15). The van der Waals surface area contributed by atoms with E-state index >= 15 is 0 Å². The number of aliphatic imine (C=N–C) groups is 1. The highest BCUT2D eigenvalue weighted by atomic mass is 16.5. The number of rotatable bonds is 3. The van der Waals surface area contributed by atoms with Gasteiger partial charge in [-0.05, 0) is 12.8 Å². The molecule has 0 aromatic heterocycles. The van der Waals surface area contributed by atoms with E-state index in [1.54, 1.807) is 0 Å². The fourth-order valence-corrected chi connectivity index (χ4v) is 1.55. The van der Waals surface area contributed by atoms with E-state index < -0.39 is 0 Å². The number of carbonyl (C=O) groups is 1. The van der Waals surface area contributed by atoms with Crippen LogP contribution in [0.2, 0.25) is 0 Å². The molecule has 1 heterocycles. The molecule has 0 radical (unpaired) electrons. The number of nitrogens with two attached hydrogens (primary N) is 1. The summed E-state index contributed by atoms with van der Waals surface area (Å²) in [5, 5.41) is 2.87. The number of carbonyl (C=O) groups excluding carboxylic acids is 1. The summed E-state index contributed by atoms with van der Waals surface area (Å²) in [5.74, 6) is 0.396. The summed E-state index contributed by atoms with van der Waals surface area (Å²) >= 11 is 0. The highest BCUT2D eigenvalue weighted by Gasteiger charge is 2.23. The maximum absolute atomic E-state index is 11.4. The molecule has 90 valence electrons. The predicted molar refractivity (Wildman–Crippen MR) is 60.0 cm³/mol. The second-order valence-electron chi connectivity index (χ2n) is 4.12. The first kappa shape index (κ1) is 11.2. The lowest BCUT2D eigenvalue weighted by atomic mass is 10.4. The van der Waals surface area contributed by atoms with E-state index in [2.05, 4.69) is 10.3 Å². The monoisotopic (exact) mass is 226 g/mol. The van der Waals surface area contributed by atoms with Gasteiger partial charge in [-0.25, -0.2) is 4.99 Å². The van der Waals surface area contributed by atoms with E-state index in [1.165, 1.54) is 0 Å². The second-order valence-corrected chi connectivity index (χ2v) is 4.12. The van der Waals surface area contributed by atoms with Gasteiger partial charge in [0.05, 0.1) is 13.2 Å². The Balaban J connectivity index is 1.73. The van der Waals surface area contributed by atoms with Gasteiger partial charge in [-0.3, -0.25) is 4.79 Å². The van der Waals surface area contributed by atoms with Crippen LogP contribution in [0.3, 0.4) is 0 Å². The number of guanidine groups is 1. The maximum Gasteiger partial charge on any atom is 0.242 e. The second kappa shape index (κ2) is 5.16. The summed E-state index contributed by atoms with van der Waals surface area (Å²) in [4.78, 5) is 17.4. The smallest absolute Gasteiger partial charge is 0.242 e. The Labute approximate surface area is 94.8 Å². The fourth-order valence-electron chi connectivity index (χ4n) is 1.55. The molecule has 0 spiro atoms. The van der Waals surface area contributed by atoms with Crippen LogP contribution in [0.1, 0.15) is 12.8 Å². The van der Waals surface area contributed by atoms with Crippen LogP contribution in [-0.4, -0.2) is 55.7 Å². The zero-order valence-corrected chi connectivity index (χ0v) is 9.32. The summed E-state index contributed by atoms with van der Waals surface area (Å²) in [6, 6.07) is 0.382. The van der Waals surface area contributed by atoms with Crippen LogP contribution in [-0.2, 0) is 9.53 Å². The van der Waals surface area contributed by atoms with Crippen molar-refractivity contribution in [3.05, 3.63) is 0 Å². The highest BCUT2D eigenvalue weighted by Crippen LogP contribution is 2.18. The maximum atomic E-state index is 11.4. The van der Waals surface area contributed by atoms with Gasteiger partial charge in [-0.15, -0.1) is 0 Å². The molecule has 2 fully saturated rings. The quantitative estimate of drug-likeness (QED) is 0.473. The van der Waals surface area contributed by atoms with Gasteiger partial charge in [0.15, 0.2) is 5.96 Å².